The summed E-state index contributed by atoms with van der Waals surface area (Å²) < 4.78 is 0. The first-order chi connectivity index (χ1) is 10.6. The predicted molar refractivity (Wildman–Crippen MR) is 98.4 cm³/mol. The van der Waals surface area contributed by atoms with Crippen LogP contribution >= 0.6 is 0 Å². The van der Waals surface area contributed by atoms with Crippen LogP contribution in [0.4, 0.5) is 0 Å². The van der Waals surface area contributed by atoms with Crippen molar-refractivity contribution in [1.29, 1.82) is 0 Å². The summed E-state index contributed by atoms with van der Waals surface area (Å²) in [5.74, 6) is 0. The topological polar surface area (TPSA) is 27.3 Å². The summed E-state index contributed by atoms with van der Waals surface area (Å²) >= 11 is 0. The molecule has 128 valence electrons. The summed E-state index contributed by atoms with van der Waals surface area (Å²) in [5.41, 5.74) is 2.96. The van der Waals surface area contributed by atoms with Crippen molar-refractivity contribution in [2.24, 2.45) is 0 Å². The summed E-state index contributed by atoms with van der Waals surface area (Å²) in [6.07, 6.45) is 9.58. The third kappa shape index (κ3) is 10.1. The maximum Gasteiger partial charge on any atom is 0.0108 e. The molecule has 1 atom stereocenters. The molecule has 3 nitrogen and oxygen atoms in total. The van der Waals surface area contributed by atoms with Gasteiger partial charge in [0.25, 0.3) is 0 Å². The molecular formula is C19H37N3. The molecule has 0 unspecified atom stereocenters. The third-order valence-corrected chi connectivity index (χ3v) is 4.31. The van der Waals surface area contributed by atoms with Crippen molar-refractivity contribution >= 4 is 0 Å². The van der Waals surface area contributed by atoms with Gasteiger partial charge in [-0.1, -0.05) is 23.3 Å². The summed E-state index contributed by atoms with van der Waals surface area (Å²) in [6.45, 7) is 15.9. The van der Waals surface area contributed by atoms with Crippen LogP contribution in [0.25, 0.3) is 0 Å². The van der Waals surface area contributed by atoms with Gasteiger partial charge in [-0.25, -0.2) is 0 Å². The van der Waals surface area contributed by atoms with E-state index in [4.69, 9.17) is 0 Å². The van der Waals surface area contributed by atoms with Gasteiger partial charge in [-0.3, -0.25) is 4.90 Å². The average Bonchev–Trinajstić information content (AvgIpc) is 2.48. The predicted octanol–water partition coefficient (Wildman–Crippen LogP) is 3.34. The molecule has 0 radical (unpaired) electrons. The average molecular weight is 308 g/mol. The van der Waals surface area contributed by atoms with Crippen molar-refractivity contribution in [3.63, 3.8) is 0 Å². The van der Waals surface area contributed by atoms with Gasteiger partial charge in [0.2, 0.25) is 0 Å². The van der Waals surface area contributed by atoms with Gasteiger partial charge < -0.3 is 10.6 Å². The van der Waals surface area contributed by atoms with Gasteiger partial charge in [-0.15, -0.1) is 0 Å². The van der Waals surface area contributed by atoms with E-state index in [9.17, 15) is 0 Å². The second-order valence-corrected chi connectivity index (χ2v) is 6.89. The van der Waals surface area contributed by atoms with E-state index in [0.29, 0.717) is 6.04 Å². The first-order valence-electron chi connectivity index (χ1n) is 9.03. The zero-order valence-corrected chi connectivity index (χ0v) is 15.3. The molecule has 0 saturated carbocycles. The minimum Gasteiger partial charge on any atom is -0.314 e. The summed E-state index contributed by atoms with van der Waals surface area (Å²) in [5, 5.41) is 7.06. The van der Waals surface area contributed by atoms with Gasteiger partial charge in [0.15, 0.2) is 0 Å². The number of nitrogens with zero attached hydrogens (tertiary/aromatic N) is 1. The van der Waals surface area contributed by atoms with Crippen LogP contribution in [0.3, 0.4) is 0 Å². The smallest absolute Gasteiger partial charge is 0.0108 e. The first-order valence-corrected chi connectivity index (χ1v) is 9.03. The Morgan fingerprint density at radius 3 is 2.55 bits per heavy atom. The number of hydrogen-bond donors (Lipinski definition) is 2. The Balaban J connectivity index is 2.04. The van der Waals surface area contributed by atoms with Gasteiger partial charge >= 0.3 is 0 Å². The highest BCUT2D eigenvalue weighted by molar-refractivity contribution is 5.02. The normalized spacial score (nSPS) is 18.3. The molecule has 3 heteroatoms. The summed E-state index contributed by atoms with van der Waals surface area (Å²) in [6, 6.07) is 0.616. The van der Waals surface area contributed by atoms with E-state index in [1.54, 1.807) is 0 Å². The first kappa shape index (κ1) is 19.4. The van der Waals surface area contributed by atoms with Crippen molar-refractivity contribution in [3.8, 4) is 0 Å². The quantitative estimate of drug-likeness (QED) is 0.606. The van der Waals surface area contributed by atoms with Gasteiger partial charge in [0.05, 0.1) is 0 Å². The van der Waals surface area contributed by atoms with Gasteiger partial charge in [-0.2, -0.15) is 0 Å². The Hall–Kier alpha value is -0.640. The van der Waals surface area contributed by atoms with Gasteiger partial charge in [-0.05, 0) is 53.4 Å². The van der Waals surface area contributed by atoms with Crippen LogP contribution in [0.2, 0.25) is 0 Å². The fourth-order valence-corrected chi connectivity index (χ4v) is 2.78. The molecule has 1 aliphatic rings. The fraction of sp³-hybridized carbons (Fsp3) is 0.789. The highest BCUT2D eigenvalue weighted by Crippen LogP contribution is 2.09. The van der Waals surface area contributed by atoms with E-state index in [1.165, 1.54) is 56.5 Å². The van der Waals surface area contributed by atoms with E-state index in [2.05, 4.69) is 55.4 Å². The minimum atomic E-state index is 0.616. The van der Waals surface area contributed by atoms with Crippen LogP contribution in [0.15, 0.2) is 23.3 Å². The molecule has 2 N–H and O–H groups in total. The number of rotatable bonds is 10. The van der Waals surface area contributed by atoms with E-state index < -0.39 is 0 Å². The molecule has 1 heterocycles. The second kappa shape index (κ2) is 11.9. The summed E-state index contributed by atoms with van der Waals surface area (Å²) in [7, 11) is 0. The SMILES string of the molecule is CC(C)=CCC/C(C)=C/CC[C@@H](C)NCCN1CCNCC1. The molecule has 1 rings (SSSR count). The molecule has 0 aromatic carbocycles. The van der Waals surface area contributed by atoms with E-state index >= 15 is 0 Å². The Kier molecular flexibility index (Phi) is 10.5. The molecule has 0 aliphatic carbocycles. The highest BCUT2D eigenvalue weighted by Gasteiger charge is 2.09. The van der Waals surface area contributed by atoms with Gasteiger partial charge in [0, 0.05) is 45.3 Å². The molecule has 0 aromatic heterocycles. The number of nitrogens with one attached hydrogen (secondary N) is 2. The zero-order chi connectivity index (χ0) is 16.2. The van der Waals surface area contributed by atoms with E-state index in [1.807, 2.05) is 0 Å². The Bertz CT molecular complexity index is 337. The molecule has 22 heavy (non-hydrogen) atoms. The molecule has 1 aliphatic heterocycles. The Morgan fingerprint density at radius 2 is 1.86 bits per heavy atom. The van der Waals surface area contributed by atoms with E-state index in [-0.39, 0.29) is 0 Å². The molecule has 1 fully saturated rings. The molecule has 0 amide bonds. The largest absolute Gasteiger partial charge is 0.314 e. The molecular weight excluding hydrogens is 270 g/mol. The Labute approximate surface area is 138 Å². The lowest BCUT2D eigenvalue weighted by molar-refractivity contribution is 0.238. The highest BCUT2D eigenvalue weighted by atomic mass is 15.2. The lowest BCUT2D eigenvalue weighted by Gasteiger charge is -2.27. The second-order valence-electron chi connectivity index (χ2n) is 6.89. The van der Waals surface area contributed by atoms with Crippen LogP contribution in [0.5, 0.6) is 0 Å². The number of hydrogen-bond acceptors (Lipinski definition) is 3. The van der Waals surface area contributed by atoms with Crippen LogP contribution in [0.1, 0.15) is 53.4 Å². The standard InChI is InChI=1S/C19H37N3/c1-17(2)7-5-8-18(3)9-6-10-19(4)21-13-16-22-14-11-20-12-15-22/h7,9,19-21H,5-6,8,10-16H2,1-4H3/b18-9+/t19-/m1/s1. The molecule has 1 saturated heterocycles. The molecule has 0 bridgehead atoms. The molecule has 0 aromatic rings. The maximum atomic E-state index is 3.66. The van der Waals surface area contributed by atoms with Crippen molar-refractivity contribution in [3.05, 3.63) is 23.3 Å². The lowest BCUT2D eigenvalue weighted by atomic mass is 10.1. The van der Waals surface area contributed by atoms with Crippen LogP contribution in [-0.2, 0) is 0 Å². The lowest BCUT2D eigenvalue weighted by Crippen LogP contribution is -2.46. The van der Waals surface area contributed by atoms with Crippen molar-refractivity contribution in [1.82, 2.24) is 15.5 Å². The monoisotopic (exact) mass is 307 g/mol. The molecule has 0 spiro atoms. The maximum absolute atomic E-state index is 3.66. The summed E-state index contributed by atoms with van der Waals surface area (Å²) in [4.78, 5) is 2.55. The van der Waals surface area contributed by atoms with E-state index in [0.717, 1.165) is 19.6 Å². The van der Waals surface area contributed by atoms with Gasteiger partial charge in [0.1, 0.15) is 0 Å². The van der Waals surface area contributed by atoms with Crippen molar-refractivity contribution < 1.29 is 0 Å². The van der Waals surface area contributed by atoms with Crippen LogP contribution < -0.4 is 10.6 Å². The minimum absolute atomic E-state index is 0.616. The van der Waals surface area contributed by atoms with Crippen LogP contribution in [-0.4, -0.2) is 50.2 Å². The zero-order valence-electron chi connectivity index (χ0n) is 15.3. The van der Waals surface area contributed by atoms with Crippen LogP contribution in [0, 0.1) is 0 Å². The fourth-order valence-electron chi connectivity index (χ4n) is 2.78. The van der Waals surface area contributed by atoms with Crippen molar-refractivity contribution in [2.75, 3.05) is 39.3 Å². The number of allylic oxidation sites excluding steroid dienone is 4. The Morgan fingerprint density at radius 1 is 1.14 bits per heavy atom. The van der Waals surface area contributed by atoms with Crippen molar-refractivity contribution in [2.45, 2.75) is 59.4 Å². The third-order valence-electron chi connectivity index (χ3n) is 4.31. The number of piperazine rings is 1.